The molecule has 0 bridgehead atoms. The predicted molar refractivity (Wildman–Crippen MR) is 88.8 cm³/mol. The molecule has 0 aliphatic carbocycles. The number of carbonyl (C=O) groups excluding carboxylic acids is 2. The first-order chi connectivity index (χ1) is 10.9. The van der Waals surface area contributed by atoms with Gasteiger partial charge in [0.05, 0.1) is 6.54 Å². The quantitative estimate of drug-likeness (QED) is 0.885. The third kappa shape index (κ3) is 2.72. The van der Waals surface area contributed by atoms with Gasteiger partial charge in [-0.25, -0.2) is 4.79 Å². The summed E-state index contributed by atoms with van der Waals surface area (Å²) in [4.78, 5) is 26.5. The van der Waals surface area contributed by atoms with Gasteiger partial charge in [-0.05, 0) is 31.9 Å². The van der Waals surface area contributed by atoms with Crippen LogP contribution in [0.2, 0.25) is 0 Å². The minimum Gasteiger partial charge on any atom is -0.319 e. The van der Waals surface area contributed by atoms with Crippen LogP contribution in [0.25, 0.3) is 0 Å². The number of rotatable bonds is 3. The van der Waals surface area contributed by atoms with Crippen LogP contribution < -0.4 is 5.32 Å². The zero-order chi connectivity index (χ0) is 16.6. The minimum atomic E-state index is -1.01. The fourth-order valence-corrected chi connectivity index (χ4v) is 2.92. The molecule has 0 unspecified atom stereocenters. The number of nitrogens with one attached hydrogen (secondary N) is 1. The van der Waals surface area contributed by atoms with Crippen molar-refractivity contribution in [2.24, 2.45) is 0 Å². The predicted octanol–water partition coefficient (Wildman–Crippen LogP) is 3.27. The van der Waals surface area contributed by atoms with Crippen molar-refractivity contribution in [1.29, 1.82) is 0 Å². The normalized spacial score (nSPS) is 20.7. The topological polar surface area (TPSA) is 49.4 Å². The molecule has 0 spiro atoms. The fraction of sp³-hybridized carbons (Fsp3) is 0.263. The molecule has 2 aromatic rings. The largest absolute Gasteiger partial charge is 0.325 e. The van der Waals surface area contributed by atoms with Gasteiger partial charge in [0.2, 0.25) is 0 Å². The van der Waals surface area contributed by atoms with Crippen LogP contribution in [0.4, 0.5) is 4.79 Å². The van der Waals surface area contributed by atoms with Gasteiger partial charge >= 0.3 is 6.03 Å². The zero-order valence-electron chi connectivity index (χ0n) is 13.6. The van der Waals surface area contributed by atoms with E-state index in [0.29, 0.717) is 0 Å². The van der Waals surface area contributed by atoms with E-state index >= 15 is 0 Å². The first-order valence-corrected chi connectivity index (χ1v) is 7.67. The molecule has 1 N–H and O–H groups in total. The van der Waals surface area contributed by atoms with E-state index in [0.717, 1.165) is 22.3 Å². The molecule has 3 rings (SSSR count). The van der Waals surface area contributed by atoms with Crippen LogP contribution in [-0.2, 0) is 16.9 Å². The molecule has 1 aliphatic heterocycles. The summed E-state index contributed by atoms with van der Waals surface area (Å²) in [5.74, 6) is -0.215. The van der Waals surface area contributed by atoms with Gasteiger partial charge < -0.3 is 5.32 Å². The second-order valence-electron chi connectivity index (χ2n) is 6.30. The van der Waals surface area contributed by atoms with Crippen molar-refractivity contribution in [1.82, 2.24) is 10.2 Å². The first-order valence-electron chi connectivity index (χ1n) is 7.67. The van der Waals surface area contributed by atoms with E-state index in [1.807, 2.05) is 62.4 Å². The molecule has 1 saturated heterocycles. The van der Waals surface area contributed by atoms with Crippen LogP contribution >= 0.6 is 0 Å². The average Bonchev–Trinajstić information content (AvgIpc) is 2.72. The van der Waals surface area contributed by atoms with Crippen LogP contribution in [0.3, 0.4) is 0 Å². The number of nitrogens with zero attached hydrogens (tertiary/aromatic N) is 1. The number of urea groups is 1. The van der Waals surface area contributed by atoms with Crippen molar-refractivity contribution in [2.75, 3.05) is 0 Å². The minimum absolute atomic E-state index is 0.215. The summed E-state index contributed by atoms with van der Waals surface area (Å²) < 4.78 is 0. The molecule has 0 aromatic heterocycles. The molecule has 1 heterocycles. The van der Waals surface area contributed by atoms with Gasteiger partial charge in [0.15, 0.2) is 0 Å². The van der Waals surface area contributed by atoms with E-state index in [9.17, 15) is 9.59 Å². The van der Waals surface area contributed by atoms with Gasteiger partial charge in [0, 0.05) is 0 Å². The van der Waals surface area contributed by atoms with Gasteiger partial charge in [-0.3, -0.25) is 9.69 Å². The van der Waals surface area contributed by atoms with Crippen LogP contribution in [0, 0.1) is 13.8 Å². The molecule has 4 nitrogen and oxygen atoms in total. The molecule has 118 valence electrons. The lowest BCUT2D eigenvalue weighted by Gasteiger charge is -2.22. The lowest BCUT2D eigenvalue weighted by molar-refractivity contribution is -0.131. The highest BCUT2D eigenvalue weighted by atomic mass is 16.2. The Morgan fingerprint density at radius 1 is 1.00 bits per heavy atom. The van der Waals surface area contributed by atoms with Crippen molar-refractivity contribution in [3.63, 3.8) is 0 Å². The van der Waals surface area contributed by atoms with E-state index in [2.05, 4.69) is 5.32 Å². The molecule has 3 amide bonds. The summed E-state index contributed by atoms with van der Waals surface area (Å²) in [6.07, 6.45) is 0. The highest BCUT2D eigenvalue weighted by Gasteiger charge is 2.48. The lowest BCUT2D eigenvalue weighted by Crippen LogP contribution is -2.40. The smallest absolute Gasteiger partial charge is 0.319 e. The summed E-state index contributed by atoms with van der Waals surface area (Å²) in [7, 11) is 0. The Balaban J connectivity index is 1.89. The number of aryl methyl sites for hydroxylation is 2. The molecule has 0 radical (unpaired) electrons. The van der Waals surface area contributed by atoms with Crippen molar-refractivity contribution >= 4 is 11.9 Å². The Morgan fingerprint density at radius 3 is 2.35 bits per heavy atom. The Kier molecular flexibility index (Phi) is 3.68. The number of amides is 3. The summed E-state index contributed by atoms with van der Waals surface area (Å²) in [6, 6.07) is 15.2. The maximum Gasteiger partial charge on any atom is 0.325 e. The molecule has 1 fully saturated rings. The molecule has 0 saturated carbocycles. The van der Waals surface area contributed by atoms with Gasteiger partial charge in [0.1, 0.15) is 5.54 Å². The van der Waals surface area contributed by atoms with Crippen molar-refractivity contribution < 1.29 is 9.59 Å². The third-order valence-electron chi connectivity index (χ3n) is 4.33. The van der Waals surface area contributed by atoms with Crippen LogP contribution in [0.15, 0.2) is 48.5 Å². The third-order valence-corrected chi connectivity index (χ3v) is 4.33. The number of hydrogen-bond donors (Lipinski definition) is 1. The molecular weight excluding hydrogens is 288 g/mol. The van der Waals surface area contributed by atoms with E-state index < -0.39 is 5.54 Å². The van der Waals surface area contributed by atoms with Crippen molar-refractivity contribution in [3.8, 4) is 0 Å². The Morgan fingerprint density at radius 2 is 1.70 bits per heavy atom. The second kappa shape index (κ2) is 5.54. The summed E-state index contributed by atoms with van der Waals surface area (Å²) in [5.41, 5.74) is 2.96. The second-order valence-corrected chi connectivity index (χ2v) is 6.30. The summed E-state index contributed by atoms with van der Waals surface area (Å²) in [5, 5.41) is 2.84. The Hall–Kier alpha value is -2.62. The number of carbonyl (C=O) groups is 2. The maximum absolute atomic E-state index is 12.9. The average molecular weight is 308 g/mol. The monoisotopic (exact) mass is 308 g/mol. The van der Waals surface area contributed by atoms with E-state index in [1.165, 1.54) is 4.90 Å². The van der Waals surface area contributed by atoms with Crippen molar-refractivity contribution in [2.45, 2.75) is 32.9 Å². The van der Waals surface area contributed by atoms with Gasteiger partial charge in [-0.15, -0.1) is 0 Å². The summed E-state index contributed by atoms with van der Waals surface area (Å²) in [6.45, 7) is 6.03. The first kappa shape index (κ1) is 15.3. The molecule has 1 atom stereocenters. The molecule has 23 heavy (non-hydrogen) atoms. The molecule has 4 heteroatoms. The van der Waals surface area contributed by atoms with Crippen LogP contribution in [0.5, 0.6) is 0 Å². The Bertz CT molecular complexity index is 767. The molecule has 1 aliphatic rings. The lowest BCUT2D eigenvalue weighted by atomic mass is 9.91. The number of benzene rings is 2. The number of hydrogen-bond acceptors (Lipinski definition) is 2. The maximum atomic E-state index is 12.9. The van der Waals surface area contributed by atoms with Crippen molar-refractivity contribution in [3.05, 3.63) is 70.8 Å². The SMILES string of the molecule is Cc1ccc([C@]2(C)NC(=O)N(Cc3cccc(C)c3)C2=O)cc1. The number of imide groups is 1. The van der Waals surface area contributed by atoms with Crippen LogP contribution in [0.1, 0.15) is 29.2 Å². The van der Waals surface area contributed by atoms with Crippen LogP contribution in [-0.4, -0.2) is 16.8 Å². The van der Waals surface area contributed by atoms with Gasteiger partial charge in [-0.2, -0.15) is 0 Å². The van der Waals surface area contributed by atoms with E-state index in [4.69, 9.17) is 0 Å². The van der Waals surface area contributed by atoms with Gasteiger partial charge in [-0.1, -0.05) is 59.7 Å². The standard InChI is InChI=1S/C19H20N2O2/c1-13-7-9-16(10-8-13)19(3)17(22)21(18(23)20-19)12-15-6-4-5-14(2)11-15/h4-11H,12H2,1-3H3,(H,20,23)/t19-/m0/s1. The van der Waals surface area contributed by atoms with Gasteiger partial charge in [0.25, 0.3) is 5.91 Å². The fourth-order valence-electron chi connectivity index (χ4n) is 2.92. The highest BCUT2D eigenvalue weighted by Crippen LogP contribution is 2.30. The van der Waals surface area contributed by atoms with E-state index in [-0.39, 0.29) is 18.5 Å². The summed E-state index contributed by atoms with van der Waals surface area (Å²) >= 11 is 0. The zero-order valence-corrected chi connectivity index (χ0v) is 13.6. The molecule has 2 aromatic carbocycles. The molecular formula is C19H20N2O2. The Labute approximate surface area is 136 Å². The highest BCUT2D eigenvalue weighted by molar-refractivity contribution is 6.07. The van der Waals surface area contributed by atoms with E-state index in [1.54, 1.807) is 6.92 Å².